The van der Waals surface area contributed by atoms with E-state index in [-0.39, 0.29) is 30.3 Å². The van der Waals surface area contributed by atoms with Gasteiger partial charge in [-0.15, -0.1) is 0 Å². The predicted octanol–water partition coefficient (Wildman–Crippen LogP) is 3.02. The third kappa shape index (κ3) is 3.32. The molecule has 1 fully saturated rings. The van der Waals surface area contributed by atoms with E-state index in [4.69, 9.17) is 23.4 Å². The molecule has 21 heavy (non-hydrogen) atoms. The number of nitro groups is 1. The highest BCUT2D eigenvalue weighted by atomic mass is 35.5. The lowest BCUT2D eigenvalue weighted by Gasteiger charge is -1.96. The average molecular weight is 330 g/mol. The molecule has 1 aliphatic rings. The van der Waals surface area contributed by atoms with E-state index < -0.39 is 4.92 Å². The van der Waals surface area contributed by atoms with E-state index in [1.807, 2.05) is 0 Å². The van der Waals surface area contributed by atoms with Gasteiger partial charge < -0.3 is 4.98 Å². The van der Waals surface area contributed by atoms with Crippen molar-refractivity contribution in [1.82, 2.24) is 9.40 Å². The number of carbonyl (C=O) groups excluding carboxylic acids is 2. The van der Waals surface area contributed by atoms with Gasteiger partial charge in [-0.1, -0.05) is 11.6 Å². The number of carbonyl (C=O) groups is 2. The summed E-state index contributed by atoms with van der Waals surface area (Å²) >= 11 is 10.9. The van der Waals surface area contributed by atoms with Gasteiger partial charge >= 0.3 is 0 Å². The van der Waals surface area contributed by atoms with Gasteiger partial charge in [0.2, 0.25) is 11.8 Å². The minimum atomic E-state index is -0.442. The average Bonchev–Trinajstić information content (AvgIpc) is 2.97. The van der Waals surface area contributed by atoms with Gasteiger partial charge in [-0.25, -0.2) is 0 Å². The summed E-state index contributed by atoms with van der Waals surface area (Å²) in [6, 6.07) is 4.53. The minimum absolute atomic E-state index is 0.0500. The molecule has 0 bridgehead atoms. The van der Waals surface area contributed by atoms with Crippen LogP contribution in [0.2, 0.25) is 5.02 Å². The summed E-state index contributed by atoms with van der Waals surface area (Å²) in [5.74, 6) is -0.590. The van der Waals surface area contributed by atoms with Gasteiger partial charge in [-0.2, -0.15) is 4.42 Å². The molecular weight excluding hydrogens is 321 g/mol. The van der Waals surface area contributed by atoms with Gasteiger partial charge in [0.05, 0.1) is 9.95 Å². The molecule has 2 heterocycles. The number of aromatic nitrogens is 1. The maximum Gasteiger partial charge on any atom is 0.270 e. The van der Waals surface area contributed by atoms with Crippen molar-refractivity contribution >= 4 is 51.8 Å². The van der Waals surface area contributed by atoms with Crippen LogP contribution in [0.3, 0.4) is 0 Å². The van der Waals surface area contributed by atoms with Crippen LogP contribution in [0.5, 0.6) is 0 Å². The largest absolute Gasteiger partial charge is 0.360 e. The summed E-state index contributed by atoms with van der Waals surface area (Å²) in [7, 11) is 0. The van der Waals surface area contributed by atoms with Gasteiger partial charge in [0.1, 0.15) is 0 Å². The van der Waals surface area contributed by atoms with E-state index in [0.717, 1.165) is 5.52 Å². The van der Waals surface area contributed by atoms with E-state index in [1.54, 1.807) is 12.3 Å². The number of benzene rings is 1. The highest BCUT2D eigenvalue weighted by Gasteiger charge is 2.26. The first-order valence-corrected chi connectivity index (χ1v) is 6.54. The Bertz CT molecular complexity index is 712. The first kappa shape index (κ1) is 15.3. The van der Waals surface area contributed by atoms with Crippen molar-refractivity contribution in [2.45, 2.75) is 12.8 Å². The van der Waals surface area contributed by atoms with Crippen molar-refractivity contribution in [3.05, 3.63) is 39.5 Å². The molecule has 0 unspecified atom stereocenters. The molecule has 2 amide bonds. The zero-order valence-electron chi connectivity index (χ0n) is 10.5. The Kier molecular flexibility index (Phi) is 4.44. The number of H-pyrrole nitrogens is 1. The molecule has 0 spiro atoms. The molecule has 110 valence electrons. The van der Waals surface area contributed by atoms with E-state index in [9.17, 15) is 19.7 Å². The number of amides is 2. The maximum absolute atomic E-state index is 10.4. The van der Waals surface area contributed by atoms with Crippen LogP contribution >= 0.6 is 23.4 Å². The molecule has 0 radical (unpaired) electrons. The number of nitrogens with zero attached hydrogens (tertiary/aromatic N) is 2. The number of aromatic amines is 1. The first-order chi connectivity index (χ1) is 9.90. The Morgan fingerprint density at radius 3 is 2.33 bits per heavy atom. The lowest BCUT2D eigenvalue weighted by Crippen LogP contribution is -2.16. The van der Waals surface area contributed by atoms with Crippen LogP contribution in [-0.4, -0.2) is 26.1 Å². The van der Waals surface area contributed by atoms with E-state index >= 15 is 0 Å². The Balaban J connectivity index is 0.000000173. The monoisotopic (exact) mass is 329 g/mol. The molecule has 9 heteroatoms. The second-order valence-corrected chi connectivity index (χ2v) is 4.94. The molecule has 1 N–H and O–H groups in total. The predicted molar refractivity (Wildman–Crippen MR) is 76.9 cm³/mol. The van der Waals surface area contributed by atoms with Crippen LogP contribution in [0.15, 0.2) is 24.4 Å². The van der Waals surface area contributed by atoms with E-state index in [2.05, 4.69) is 4.98 Å². The molecule has 1 aromatic carbocycles. The number of halogens is 2. The van der Waals surface area contributed by atoms with Gasteiger partial charge in [0.15, 0.2) is 0 Å². The minimum Gasteiger partial charge on any atom is -0.360 e. The van der Waals surface area contributed by atoms with Crippen molar-refractivity contribution in [2.24, 2.45) is 0 Å². The fourth-order valence-electron chi connectivity index (χ4n) is 1.74. The fourth-order valence-corrected chi connectivity index (χ4v) is 2.12. The van der Waals surface area contributed by atoms with E-state index in [1.165, 1.54) is 12.1 Å². The van der Waals surface area contributed by atoms with Crippen LogP contribution in [-0.2, 0) is 9.59 Å². The third-order valence-corrected chi connectivity index (χ3v) is 3.51. The maximum atomic E-state index is 10.4. The highest BCUT2D eigenvalue weighted by Crippen LogP contribution is 2.26. The summed E-state index contributed by atoms with van der Waals surface area (Å²) < 4.78 is 0.639. The van der Waals surface area contributed by atoms with Crippen molar-refractivity contribution < 1.29 is 14.5 Å². The Labute approximate surface area is 128 Å². The van der Waals surface area contributed by atoms with Gasteiger partial charge in [-0.3, -0.25) is 19.7 Å². The van der Waals surface area contributed by atoms with E-state index in [0.29, 0.717) is 14.8 Å². The summed E-state index contributed by atoms with van der Waals surface area (Å²) in [5.41, 5.74) is 0.851. The zero-order chi connectivity index (χ0) is 15.6. The second kappa shape index (κ2) is 6.11. The van der Waals surface area contributed by atoms with Crippen LogP contribution < -0.4 is 0 Å². The number of non-ortho nitro benzene ring substituents is 1. The molecule has 1 saturated heterocycles. The van der Waals surface area contributed by atoms with Crippen LogP contribution in [0.4, 0.5) is 5.69 Å². The van der Waals surface area contributed by atoms with Crippen LogP contribution in [0.25, 0.3) is 10.9 Å². The van der Waals surface area contributed by atoms with Crippen molar-refractivity contribution in [2.75, 3.05) is 0 Å². The van der Waals surface area contributed by atoms with Crippen molar-refractivity contribution in [1.29, 1.82) is 0 Å². The molecule has 0 aliphatic carbocycles. The Hall–Kier alpha value is -2.12. The standard InChI is InChI=1S/C8H5ClN2O2.C4H4ClNO2/c9-7-4-10-8-2-1-5(11(12)13)3-6(7)8;5-6-3(7)1-2-4(6)8/h1-4,10H;1-2H2. The number of nitro benzene ring substituents is 1. The highest BCUT2D eigenvalue weighted by molar-refractivity contribution is 6.35. The smallest absolute Gasteiger partial charge is 0.270 e. The topological polar surface area (TPSA) is 96.3 Å². The number of nitrogens with one attached hydrogen (secondary N) is 1. The summed E-state index contributed by atoms with van der Waals surface area (Å²) in [6.07, 6.45) is 2.14. The molecule has 1 aromatic heterocycles. The summed E-state index contributed by atoms with van der Waals surface area (Å²) in [4.78, 5) is 33.6. The molecule has 2 aromatic rings. The number of rotatable bonds is 1. The second-order valence-electron chi connectivity index (χ2n) is 4.19. The van der Waals surface area contributed by atoms with Crippen molar-refractivity contribution in [3.8, 4) is 0 Å². The number of fused-ring (bicyclic) bond motifs is 1. The molecule has 7 nitrogen and oxygen atoms in total. The summed E-state index contributed by atoms with van der Waals surface area (Å²) in [6.45, 7) is 0. The SMILES string of the molecule is O=C1CCC(=O)N1Cl.O=[N+]([O-])c1ccc2[nH]cc(Cl)c2c1. The lowest BCUT2D eigenvalue weighted by molar-refractivity contribution is -0.384. The van der Waals surface area contributed by atoms with Crippen LogP contribution in [0, 0.1) is 10.1 Å². The number of hydrogen-bond donors (Lipinski definition) is 1. The quantitative estimate of drug-likeness (QED) is 0.376. The Morgan fingerprint density at radius 1 is 1.24 bits per heavy atom. The van der Waals surface area contributed by atoms with Crippen LogP contribution in [0.1, 0.15) is 12.8 Å². The lowest BCUT2D eigenvalue weighted by atomic mass is 10.2. The van der Waals surface area contributed by atoms with Crippen molar-refractivity contribution in [3.63, 3.8) is 0 Å². The number of imide groups is 1. The molecule has 3 rings (SSSR count). The third-order valence-electron chi connectivity index (χ3n) is 2.82. The van der Waals surface area contributed by atoms with Gasteiger partial charge in [-0.05, 0) is 6.07 Å². The Morgan fingerprint density at radius 2 is 1.86 bits per heavy atom. The normalized spacial score (nSPS) is 14.3. The summed E-state index contributed by atoms with van der Waals surface area (Å²) in [5, 5.41) is 11.6. The molecular formula is C12H9Cl2N3O4. The van der Waals surface area contributed by atoms with Gasteiger partial charge in [0.25, 0.3) is 5.69 Å². The zero-order valence-corrected chi connectivity index (χ0v) is 12.0. The van der Waals surface area contributed by atoms with Gasteiger partial charge in [0, 0.05) is 53.9 Å². The molecule has 0 saturated carbocycles. The number of hydrogen-bond acceptors (Lipinski definition) is 4. The fraction of sp³-hybridized carbons (Fsp3) is 0.167. The molecule has 0 atom stereocenters. The molecule has 1 aliphatic heterocycles. The first-order valence-electron chi connectivity index (χ1n) is 5.82.